The van der Waals surface area contributed by atoms with Gasteiger partial charge in [0.25, 0.3) is 0 Å². The second kappa shape index (κ2) is 7.75. The predicted octanol–water partition coefficient (Wildman–Crippen LogP) is 1.70. The van der Waals surface area contributed by atoms with E-state index in [9.17, 15) is 20.6 Å². The molecule has 0 bridgehead atoms. The van der Waals surface area contributed by atoms with E-state index >= 15 is 0 Å². The van der Waals surface area contributed by atoms with E-state index in [4.69, 9.17) is 4.74 Å². The van der Waals surface area contributed by atoms with Crippen LogP contribution in [0.5, 0.6) is 0 Å². The maximum Gasteiger partial charge on any atom is 0.315 e. The molecular formula is C17H21Al2N3O2. The Morgan fingerprint density at radius 1 is 1.00 bits per heavy atom. The molecule has 2 aliphatic rings. The number of hydrogen-bond donors (Lipinski definition) is 0. The lowest BCUT2D eigenvalue weighted by atomic mass is 9.81. The van der Waals surface area contributed by atoms with E-state index in [0.717, 1.165) is 63.8 Å². The molecule has 0 aromatic carbocycles. The molecule has 0 spiro atoms. The third-order valence-electron chi connectivity index (χ3n) is 5.54. The van der Waals surface area contributed by atoms with E-state index in [1.54, 1.807) is 0 Å². The molecule has 0 aromatic heterocycles. The summed E-state index contributed by atoms with van der Waals surface area (Å²) >= 11 is 1.64. The third kappa shape index (κ3) is 4.43. The lowest BCUT2D eigenvalue weighted by Gasteiger charge is -2.31. The van der Waals surface area contributed by atoms with Crippen molar-refractivity contribution in [2.75, 3.05) is 0 Å². The summed E-state index contributed by atoms with van der Waals surface area (Å²) in [6, 6.07) is 6.80. The van der Waals surface area contributed by atoms with Crippen molar-refractivity contribution in [1.29, 1.82) is 15.8 Å². The fourth-order valence-electron chi connectivity index (χ4n) is 3.40. The molecular weight excluding hydrogens is 332 g/mol. The van der Waals surface area contributed by atoms with Gasteiger partial charge in [-0.05, 0) is 56.9 Å². The highest BCUT2D eigenvalue weighted by Crippen LogP contribution is 2.44. The minimum atomic E-state index is -0.330. The number of carbonyl (C=O) groups is 1. The molecule has 2 rings (SSSR count). The first-order chi connectivity index (χ1) is 11.3. The normalized spacial score (nSPS) is 32.7. The van der Waals surface area contributed by atoms with Crippen molar-refractivity contribution in [1.82, 2.24) is 0 Å². The van der Waals surface area contributed by atoms with E-state index in [1.807, 2.05) is 6.07 Å². The Hall–Kier alpha value is -1.26. The highest BCUT2D eigenvalue weighted by atomic mass is 27.1. The van der Waals surface area contributed by atoms with Gasteiger partial charge in [-0.3, -0.25) is 4.79 Å². The summed E-state index contributed by atoms with van der Waals surface area (Å²) in [6.07, 6.45) is 5.67. The first-order valence-electron chi connectivity index (χ1n) is 8.51. The van der Waals surface area contributed by atoms with Crippen molar-refractivity contribution in [3.05, 3.63) is 11.3 Å². The number of carbonyl (C=O) groups excluding carboxylic acids is 1. The molecule has 0 saturated heterocycles. The average molecular weight is 353 g/mol. The van der Waals surface area contributed by atoms with Gasteiger partial charge in [-0.2, -0.15) is 15.8 Å². The van der Waals surface area contributed by atoms with Crippen LogP contribution >= 0.6 is 0 Å². The molecule has 5 nitrogen and oxygen atoms in total. The van der Waals surface area contributed by atoms with E-state index in [1.165, 1.54) is 0 Å². The van der Waals surface area contributed by atoms with Gasteiger partial charge < -0.3 is 4.74 Å². The van der Waals surface area contributed by atoms with Gasteiger partial charge in [0.15, 0.2) is 0 Å². The van der Waals surface area contributed by atoms with E-state index < -0.39 is 0 Å². The summed E-state index contributed by atoms with van der Waals surface area (Å²) in [7, 11) is 0. The standard InChI is InChI=1S/C17H17N3O2.2Al.4H/c18-9-12-1-5-14(6-2-12)16(11-20)22-17(21)15-7-3-13(10-19)4-8-15;;;;;;/h15H,1-8H2;;;;;;. The summed E-state index contributed by atoms with van der Waals surface area (Å²) in [5.74, 6) is -0.391. The zero-order valence-corrected chi connectivity index (χ0v) is 18.4. The summed E-state index contributed by atoms with van der Waals surface area (Å²) in [5.41, 5.74) is 0.873. The van der Waals surface area contributed by atoms with Gasteiger partial charge in [0.2, 0.25) is 38.3 Å². The zero-order chi connectivity index (χ0) is 17.8. The second-order valence-electron chi connectivity index (χ2n) is 7.58. The monoisotopic (exact) mass is 353 g/mol. The van der Waals surface area contributed by atoms with Gasteiger partial charge in [0, 0.05) is 8.55 Å². The van der Waals surface area contributed by atoms with Crippen molar-refractivity contribution in [2.45, 2.75) is 59.9 Å². The molecule has 0 amide bonds. The van der Waals surface area contributed by atoms with Gasteiger partial charge in [-0.1, -0.05) is 0 Å². The molecule has 0 N–H and O–H groups in total. The molecule has 0 unspecified atom stereocenters. The Bertz CT molecular complexity index is 663. The van der Waals surface area contributed by atoms with Crippen LogP contribution in [0.4, 0.5) is 0 Å². The lowest BCUT2D eigenvalue weighted by molar-refractivity contribution is -0.145. The summed E-state index contributed by atoms with van der Waals surface area (Å²) in [5, 5.41) is 27.8. The van der Waals surface area contributed by atoms with Crippen LogP contribution in [-0.2, 0) is 9.53 Å². The maximum atomic E-state index is 12.4. The van der Waals surface area contributed by atoms with Crippen LogP contribution in [0.15, 0.2) is 11.3 Å². The van der Waals surface area contributed by atoms with Crippen LogP contribution in [0.25, 0.3) is 0 Å². The minimum absolute atomic E-state index is 0.143. The smallest absolute Gasteiger partial charge is 0.315 e. The second-order valence-corrected chi connectivity index (χ2v) is 11.4. The van der Waals surface area contributed by atoms with Crippen molar-refractivity contribution >= 4 is 38.5 Å². The molecule has 0 heterocycles. The molecule has 24 heavy (non-hydrogen) atoms. The quantitative estimate of drug-likeness (QED) is 0.326. The van der Waals surface area contributed by atoms with Crippen molar-refractivity contribution in [3.63, 3.8) is 0 Å². The fraction of sp³-hybridized carbons (Fsp3) is 0.647. The summed E-state index contributed by atoms with van der Waals surface area (Å²) in [4.78, 5) is 12.4. The van der Waals surface area contributed by atoms with Crippen molar-refractivity contribution < 1.29 is 9.53 Å². The highest BCUT2D eigenvalue weighted by molar-refractivity contribution is 6.17. The predicted molar refractivity (Wildman–Crippen MR) is 92.9 cm³/mol. The van der Waals surface area contributed by atoms with Crippen molar-refractivity contribution in [3.8, 4) is 18.2 Å². The topological polar surface area (TPSA) is 97.7 Å². The molecule has 0 atom stereocenters. The Kier molecular flexibility index (Phi) is 6.16. The van der Waals surface area contributed by atoms with E-state index in [-0.39, 0.29) is 26.2 Å². The molecule has 0 aromatic rings. The molecule has 2 fully saturated rings. The Labute approximate surface area is 159 Å². The third-order valence-corrected chi connectivity index (χ3v) is 7.99. The minimum Gasteiger partial charge on any atom is -0.415 e. The van der Waals surface area contributed by atoms with Gasteiger partial charge in [-0.25, -0.2) is 0 Å². The SMILES string of the molecule is N#CC(OC(=O)C1CC[C]([AlH2])(C#N)CC1)=C1CC[C]([AlH2])(C#N)CC1. The molecule has 122 valence electrons. The molecule has 0 aliphatic heterocycles. The van der Waals surface area contributed by atoms with Gasteiger partial charge in [0.05, 0.1) is 18.1 Å². The maximum absolute atomic E-state index is 12.4. The first kappa shape index (κ1) is 19.1. The Balaban J connectivity index is 1.98. The Morgan fingerprint density at radius 3 is 1.96 bits per heavy atom. The first-order valence-corrected chi connectivity index (χ1v) is 10.5. The summed E-state index contributed by atoms with van der Waals surface area (Å²) < 4.78 is 5.01. The number of hydrogen-bond acceptors (Lipinski definition) is 5. The Morgan fingerprint density at radius 2 is 1.50 bits per heavy atom. The number of nitrogens with zero attached hydrogens (tertiary/aromatic N) is 3. The van der Waals surface area contributed by atoms with Gasteiger partial charge in [-0.15, -0.1) is 0 Å². The van der Waals surface area contributed by atoms with Crippen LogP contribution in [0.1, 0.15) is 51.4 Å². The number of ether oxygens (including phenoxy) is 1. The van der Waals surface area contributed by atoms with Crippen LogP contribution < -0.4 is 0 Å². The number of esters is 1. The summed E-state index contributed by atoms with van der Waals surface area (Å²) in [6.45, 7) is 0. The van der Waals surface area contributed by atoms with Crippen LogP contribution in [0, 0.1) is 39.9 Å². The highest BCUT2D eigenvalue weighted by Gasteiger charge is 2.35. The van der Waals surface area contributed by atoms with Crippen molar-refractivity contribution in [2.24, 2.45) is 5.92 Å². The van der Waals surface area contributed by atoms with Crippen LogP contribution in [-0.4, -0.2) is 38.5 Å². The lowest BCUT2D eigenvalue weighted by Crippen LogP contribution is -2.27. The zero-order valence-electron chi connectivity index (χ0n) is 14.4. The van der Waals surface area contributed by atoms with E-state index in [2.05, 4.69) is 12.1 Å². The van der Waals surface area contributed by atoms with E-state index in [0.29, 0.717) is 25.7 Å². The molecule has 2 saturated carbocycles. The van der Waals surface area contributed by atoms with Crippen LogP contribution in [0.2, 0.25) is 8.55 Å². The number of nitriles is 3. The fourth-order valence-corrected chi connectivity index (χ4v) is 4.48. The molecule has 7 heteroatoms. The van der Waals surface area contributed by atoms with Gasteiger partial charge in [0.1, 0.15) is 6.07 Å². The largest absolute Gasteiger partial charge is 0.415 e. The van der Waals surface area contributed by atoms with Gasteiger partial charge >= 0.3 is 5.97 Å². The average Bonchev–Trinajstić information content (AvgIpc) is 2.61. The molecule has 2 aliphatic carbocycles. The van der Waals surface area contributed by atoms with Crippen LogP contribution in [0.3, 0.4) is 0 Å². The number of allylic oxidation sites excluding steroid dienone is 2. The molecule has 0 radical (unpaired) electrons. The number of rotatable bonds is 2.